The minimum Gasteiger partial charge on any atom is -0.494 e. The molecule has 0 aliphatic carbocycles. The Balaban J connectivity index is 1.64. The van der Waals surface area contributed by atoms with E-state index in [0.29, 0.717) is 6.54 Å². The Morgan fingerprint density at radius 2 is 0.682 bits per heavy atom. The topological polar surface area (TPSA) is 44.5 Å². The maximum absolute atomic E-state index is 5.89. The number of unbranched alkanes of at least 4 members (excludes halogenated alkanes) is 28. The number of hydrogen-bond donors (Lipinski definition) is 1. The lowest BCUT2D eigenvalue weighted by Crippen LogP contribution is -1.99. The summed E-state index contributed by atoms with van der Waals surface area (Å²) in [7, 11) is 0. The molecule has 44 heavy (non-hydrogen) atoms. The highest BCUT2D eigenvalue weighted by molar-refractivity contribution is 5.27. The van der Waals surface area contributed by atoms with Crippen molar-refractivity contribution in [3.8, 4) is 5.75 Å². The van der Waals surface area contributed by atoms with Crippen molar-refractivity contribution in [2.75, 3.05) is 19.8 Å². The summed E-state index contributed by atoms with van der Waals surface area (Å²) < 4.78 is 11.7. The van der Waals surface area contributed by atoms with Crippen molar-refractivity contribution >= 4 is 0 Å². The molecule has 1 rings (SSSR count). The van der Waals surface area contributed by atoms with Crippen LogP contribution in [0.4, 0.5) is 0 Å². The van der Waals surface area contributed by atoms with Crippen molar-refractivity contribution in [1.82, 2.24) is 0 Å². The molecule has 2 N–H and O–H groups in total. The van der Waals surface area contributed by atoms with Crippen LogP contribution in [0, 0.1) is 0 Å². The second-order valence-corrected chi connectivity index (χ2v) is 13.6. The van der Waals surface area contributed by atoms with Gasteiger partial charge >= 0.3 is 0 Å². The number of rotatable bonds is 36. The standard InChI is InChI=1S/C41H77NO2/c1-2-3-4-5-6-7-8-9-10-11-12-13-14-15-16-17-20-23-26-29-36-43-37-30-27-24-21-18-19-22-25-28-31-38-44-41-34-32-40(39-42)33-35-41/h32-35H,2-31,36-39,42H2,1H3. The molecule has 0 amide bonds. The van der Waals surface area contributed by atoms with E-state index in [-0.39, 0.29) is 0 Å². The highest BCUT2D eigenvalue weighted by Gasteiger charge is 1.98. The van der Waals surface area contributed by atoms with Crippen LogP contribution < -0.4 is 10.5 Å². The van der Waals surface area contributed by atoms with Crippen molar-refractivity contribution in [2.45, 2.75) is 206 Å². The first-order valence-electron chi connectivity index (χ1n) is 19.9. The molecule has 1 aromatic carbocycles. The van der Waals surface area contributed by atoms with Crippen LogP contribution in [0.25, 0.3) is 0 Å². The summed E-state index contributed by atoms with van der Waals surface area (Å²) in [6.07, 6.45) is 42.1. The van der Waals surface area contributed by atoms with E-state index in [1.807, 2.05) is 24.3 Å². The van der Waals surface area contributed by atoms with E-state index in [2.05, 4.69) is 6.92 Å². The first kappa shape index (κ1) is 41.0. The van der Waals surface area contributed by atoms with Gasteiger partial charge in [-0.05, 0) is 37.0 Å². The molecule has 0 saturated carbocycles. The average molecular weight is 616 g/mol. The zero-order valence-electron chi connectivity index (χ0n) is 29.7. The fraction of sp³-hybridized carbons (Fsp3) is 0.854. The predicted octanol–water partition coefficient (Wildman–Crippen LogP) is 13.3. The van der Waals surface area contributed by atoms with Crippen LogP contribution in [-0.2, 0) is 11.3 Å². The maximum Gasteiger partial charge on any atom is 0.119 e. The molecule has 0 fully saturated rings. The maximum atomic E-state index is 5.89. The van der Waals surface area contributed by atoms with Crippen molar-refractivity contribution < 1.29 is 9.47 Å². The monoisotopic (exact) mass is 616 g/mol. The minimum absolute atomic E-state index is 0.592. The summed E-state index contributed by atoms with van der Waals surface area (Å²) in [5.41, 5.74) is 6.79. The van der Waals surface area contributed by atoms with Crippen molar-refractivity contribution in [3.05, 3.63) is 29.8 Å². The molecule has 0 bridgehead atoms. The summed E-state index contributed by atoms with van der Waals surface area (Å²) in [4.78, 5) is 0. The van der Waals surface area contributed by atoms with Gasteiger partial charge in [0.05, 0.1) is 6.61 Å². The third-order valence-electron chi connectivity index (χ3n) is 9.25. The van der Waals surface area contributed by atoms with Gasteiger partial charge in [-0.25, -0.2) is 0 Å². The van der Waals surface area contributed by atoms with Gasteiger partial charge in [-0.1, -0.05) is 192 Å². The fourth-order valence-electron chi connectivity index (χ4n) is 6.19. The van der Waals surface area contributed by atoms with Crippen molar-refractivity contribution in [3.63, 3.8) is 0 Å². The van der Waals surface area contributed by atoms with Gasteiger partial charge in [-0.3, -0.25) is 0 Å². The van der Waals surface area contributed by atoms with Crippen LogP contribution in [0.5, 0.6) is 5.75 Å². The molecule has 0 heterocycles. The Morgan fingerprint density at radius 3 is 1.00 bits per heavy atom. The van der Waals surface area contributed by atoms with Crippen molar-refractivity contribution in [2.24, 2.45) is 5.73 Å². The van der Waals surface area contributed by atoms with Gasteiger partial charge in [-0.15, -0.1) is 0 Å². The van der Waals surface area contributed by atoms with Gasteiger partial charge in [0.2, 0.25) is 0 Å². The van der Waals surface area contributed by atoms with Gasteiger partial charge in [0.15, 0.2) is 0 Å². The fourth-order valence-corrected chi connectivity index (χ4v) is 6.19. The lowest BCUT2D eigenvalue weighted by atomic mass is 10.0. The molecule has 0 atom stereocenters. The van der Waals surface area contributed by atoms with E-state index < -0.39 is 0 Å². The molecule has 3 heteroatoms. The van der Waals surface area contributed by atoms with Crippen LogP contribution in [0.2, 0.25) is 0 Å². The molecule has 0 spiro atoms. The SMILES string of the molecule is CCCCCCCCCCCCCCCCCCCCCCOCCCCCCCCCCCCOc1ccc(CN)cc1. The lowest BCUT2D eigenvalue weighted by Gasteiger charge is -2.07. The minimum atomic E-state index is 0.592. The molecule has 0 aliphatic heterocycles. The summed E-state index contributed by atoms with van der Waals surface area (Å²) in [6, 6.07) is 8.15. The molecule has 0 unspecified atom stereocenters. The van der Waals surface area contributed by atoms with E-state index in [1.54, 1.807) is 0 Å². The number of hydrogen-bond acceptors (Lipinski definition) is 3. The highest BCUT2D eigenvalue weighted by Crippen LogP contribution is 2.16. The smallest absolute Gasteiger partial charge is 0.119 e. The largest absolute Gasteiger partial charge is 0.494 e. The summed E-state index contributed by atoms with van der Waals surface area (Å²) in [6.45, 7) is 5.67. The van der Waals surface area contributed by atoms with Gasteiger partial charge in [0.25, 0.3) is 0 Å². The molecule has 3 nitrogen and oxygen atoms in total. The molecule has 1 aromatic rings. The normalized spacial score (nSPS) is 11.4. The predicted molar refractivity (Wildman–Crippen MR) is 195 cm³/mol. The Bertz CT molecular complexity index is 661. The van der Waals surface area contributed by atoms with Crippen molar-refractivity contribution in [1.29, 1.82) is 0 Å². The van der Waals surface area contributed by atoms with Gasteiger partial charge in [-0.2, -0.15) is 0 Å². The molecular weight excluding hydrogens is 538 g/mol. The van der Waals surface area contributed by atoms with E-state index in [0.717, 1.165) is 37.6 Å². The molecule has 0 saturated heterocycles. The number of ether oxygens (including phenoxy) is 2. The molecular formula is C41H77NO2. The van der Waals surface area contributed by atoms with Gasteiger partial charge < -0.3 is 15.2 Å². The average Bonchev–Trinajstić information content (AvgIpc) is 3.05. The quantitative estimate of drug-likeness (QED) is 0.0764. The van der Waals surface area contributed by atoms with E-state index in [9.17, 15) is 0 Å². The first-order valence-corrected chi connectivity index (χ1v) is 19.9. The van der Waals surface area contributed by atoms with Crippen LogP contribution in [0.3, 0.4) is 0 Å². The summed E-state index contributed by atoms with van der Waals surface area (Å²) in [5, 5.41) is 0. The van der Waals surface area contributed by atoms with Gasteiger partial charge in [0, 0.05) is 19.8 Å². The van der Waals surface area contributed by atoms with Gasteiger partial charge in [0.1, 0.15) is 5.75 Å². The lowest BCUT2D eigenvalue weighted by molar-refractivity contribution is 0.125. The third kappa shape index (κ3) is 29.6. The molecule has 258 valence electrons. The number of benzene rings is 1. The van der Waals surface area contributed by atoms with Crippen LogP contribution in [0.1, 0.15) is 205 Å². The molecule has 0 aromatic heterocycles. The Kier molecular flexibility index (Phi) is 32.4. The zero-order valence-corrected chi connectivity index (χ0v) is 29.7. The Labute approximate surface area is 276 Å². The molecule has 0 aliphatic rings. The molecule has 0 radical (unpaired) electrons. The summed E-state index contributed by atoms with van der Waals surface area (Å²) >= 11 is 0. The zero-order chi connectivity index (χ0) is 31.4. The van der Waals surface area contributed by atoms with Crippen LogP contribution in [0.15, 0.2) is 24.3 Å². The van der Waals surface area contributed by atoms with Crippen LogP contribution in [-0.4, -0.2) is 19.8 Å². The second-order valence-electron chi connectivity index (χ2n) is 13.6. The summed E-state index contributed by atoms with van der Waals surface area (Å²) in [5.74, 6) is 0.962. The van der Waals surface area contributed by atoms with E-state index in [4.69, 9.17) is 15.2 Å². The second kappa shape index (κ2) is 34.8. The van der Waals surface area contributed by atoms with E-state index >= 15 is 0 Å². The first-order chi connectivity index (χ1) is 21.9. The number of nitrogens with two attached hydrogens (primary N) is 1. The van der Waals surface area contributed by atoms with E-state index in [1.165, 1.54) is 186 Å². The Morgan fingerprint density at radius 1 is 0.386 bits per heavy atom. The Hall–Kier alpha value is -1.06. The van der Waals surface area contributed by atoms with Crippen LogP contribution >= 0.6 is 0 Å². The highest BCUT2D eigenvalue weighted by atomic mass is 16.5. The third-order valence-corrected chi connectivity index (χ3v) is 9.25.